The molecular formula is C11H23N2O2+. The molecule has 0 radical (unpaired) electrons. The monoisotopic (exact) mass is 215 g/mol. The summed E-state index contributed by atoms with van der Waals surface area (Å²) in [6.45, 7) is 8.72. The minimum absolute atomic E-state index is 0.298. The molecule has 0 aromatic rings. The molecule has 4 heteroatoms. The fraction of sp³-hybridized carbons (Fsp3) is 0.909. The zero-order chi connectivity index (χ0) is 11.3. The molecule has 1 amide bonds. The lowest BCUT2D eigenvalue weighted by Crippen LogP contribution is -2.87. The molecule has 1 atom stereocenters. The molecule has 1 saturated heterocycles. The van der Waals surface area contributed by atoms with E-state index in [1.54, 1.807) is 0 Å². The molecule has 1 aliphatic rings. The Morgan fingerprint density at radius 2 is 2.27 bits per heavy atom. The van der Waals surface area contributed by atoms with Crippen molar-refractivity contribution in [2.45, 2.75) is 39.2 Å². The number of alkyl carbamates (subject to hydrolysis) is 1. The number of carbonyl (C=O) groups is 1. The van der Waals surface area contributed by atoms with E-state index in [4.69, 9.17) is 4.74 Å². The van der Waals surface area contributed by atoms with Gasteiger partial charge in [0, 0.05) is 12.5 Å². The minimum atomic E-state index is -0.400. The summed E-state index contributed by atoms with van der Waals surface area (Å²) < 4.78 is 5.17. The van der Waals surface area contributed by atoms with Gasteiger partial charge in [-0.1, -0.05) is 0 Å². The predicted molar refractivity (Wildman–Crippen MR) is 58.6 cm³/mol. The molecule has 0 aliphatic carbocycles. The molecule has 0 spiro atoms. The summed E-state index contributed by atoms with van der Waals surface area (Å²) in [6, 6.07) is 0. The van der Waals surface area contributed by atoms with Crippen LogP contribution in [0.3, 0.4) is 0 Å². The van der Waals surface area contributed by atoms with E-state index in [-0.39, 0.29) is 6.09 Å². The largest absolute Gasteiger partial charge is 0.444 e. The number of ether oxygens (including phenoxy) is 1. The maximum absolute atomic E-state index is 11.4. The highest BCUT2D eigenvalue weighted by atomic mass is 16.6. The highest BCUT2D eigenvalue weighted by molar-refractivity contribution is 5.67. The Morgan fingerprint density at radius 1 is 1.53 bits per heavy atom. The van der Waals surface area contributed by atoms with E-state index >= 15 is 0 Å². The van der Waals surface area contributed by atoms with E-state index in [9.17, 15) is 4.79 Å². The third-order valence-corrected chi connectivity index (χ3v) is 2.45. The normalized spacial score (nSPS) is 22.2. The first-order valence-corrected chi connectivity index (χ1v) is 5.76. The van der Waals surface area contributed by atoms with Crippen LogP contribution in [-0.4, -0.2) is 31.3 Å². The van der Waals surface area contributed by atoms with Gasteiger partial charge in [-0.25, -0.2) is 4.79 Å². The number of amides is 1. The first-order chi connectivity index (χ1) is 6.97. The summed E-state index contributed by atoms with van der Waals surface area (Å²) in [6.07, 6.45) is 2.17. The highest BCUT2D eigenvalue weighted by Gasteiger charge is 2.19. The van der Waals surface area contributed by atoms with Crippen LogP contribution < -0.4 is 10.6 Å². The lowest BCUT2D eigenvalue weighted by molar-refractivity contribution is -0.668. The number of nitrogens with one attached hydrogen (secondary N) is 1. The summed E-state index contributed by atoms with van der Waals surface area (Å²) >= 11 is 0. The Bertz CT molecular complexity index is 205. The van der Waals surface area contributed by atoms with Crippen molar-refractivity contribution in [3.8, 4) is 0 Å². The zero-order valence-corrected chi connectivity index (χ0v) is 10.0. The lowest BCUT2D eigenvalue weighted by atomic mass is 10.00. The number of quaternary nitrogens is 1. The Balaban J connectivity index is 2.15. The summed E-state index contributed by atoms with van der Waals surface area (Å²) in [5.74, 6) is 0.603. The predicted octanol–water partition coefficient (Wildman–Crippen LogP) is 0.485. The molecule has 3 N–H and O–H groups in total. The standard InChI is InChI=1S/C11H22N2O2/c1-11(2,3)15-10(14)13-8-9-5-4-6-12-7-9/h9,12H,4-8H2,1-3H3,(H,13,14)/p+1/t9-/m1/s1. The lowest BCUT2D eigenvalue weighted by Gasteiger charge is -2.23. The van der Waals surface area contributed by atoms with Crippen LogP contribution in [0.4, 0.5) is 4.79 Å². The molecule has 4 nitrogen and oxygen atoms in total. The highest BCUT2D eigenvalue weighted by Crippen LogP contribution is 2.08. The van der Waals surface area contributed by atoms with Gasteiger partial charge < -0.3 is 15.4 Å². The van der Waals surface area contributed by atoms with Crippen LogP contribution in [0.1, 0.15) is 33.6 Å². The van der Waals surface area contributed by atoms with Gasteiger partial charge >= 0.3 is 6.09 Å². The van der Waals surface area contributed by atoms with E-state index in [1.165, 1.54) is 19.4 Å². The van der Waals surface area contributed by atoms with E-state index in [0.29, 0.717) is 5.92 Å². The molecule has 0 aromatic heterocycles. The van der Waals surface area contributed by atoms with Crippen molar-refractivity contribution in [2.75, 3.05) is 19.6 Å². The fourth-order valence-corrected chi connectivity index (χ4v) is 1.75. The summed E-state index contributed by atoms with van der Waals surface area (Å²) in [5.41, 5.74) is -0.400. The Hall–Kier alpha value is -0.770. The molecular weight excluding hydrogens is 192 g/mol. The average molecular weight is 215 g/mol. The molecule has 0 unspecified atom stereocenters. The van der Waals surface area contributed by atoms with Crippen LogP contribution in [0.15, 0.2) is 0 Å². The quantitative estimate of drug-likeness (QED) is 0.704. The van der Waals surface area contributed by atoms with Gasteiger partial charge in [0.05, 0.1) is 13.1 Å². The van der Waals surface area contributed by atoms with Crippen LogP contribution in [0.25, 0.3) is 0 Å². The van der Waals surface area contributed by atoms with E-state index in [1.807, 2.05) is 20.8 Å². The van der Waals surface area contributed by atoms with E-state index in [0.717, 1.165) is 13.1 Å². The van der Waals surface area contributed by atoms with Gasteiger partial charge in [0.15, 0.2) is 0 Å². The Morgan fingerprint density at radius 3 is 2.80 bits per heavy atom. The fourth-order valence-electron chi connectivity index (χ4n) is 1.75. The van der Waals surface area contributed by atoms with Crippen molar-refractivity contribution in [3.63, 3.8) is 0 Å². The van der Waals surface area contributed by atoms with Gasteiger partial charge in [0.25, 0.3) is 0 Å². The second-order valence-corrected chi connectivity index (χ2v) is 5.20. The van der Waals surface area contributed by atoms with Crippen LogP contribution in [-0.2, 0) is 4.74 Å². The molecule has 15 heavy (non-hydrogen) atoms. The van der Waals surface area contributed by atoms with Gasteiger partial charge in [0.1, 0.15) is 5.60 Å². The van der Waals surface area contributed by atoms with Gasteiger partial charge in [-0.05, 0) is 33.6 Å². The van der Waals surface area contributed by atoms with Crippen LogP contribution in [0.2, 0.25) is 0 Å². The van der Waals surface area contributed by atoms with Crippen molar-refractivity contribution < 1.29 is 14.8 Å². The Labute approximate surface area is 91.8 Å². The summed E-state index contributed by atoms with van der Waals surface area (Å²) in [5, 5.41) is 5.14. The molecule has 1 heterocycles. The average Bonchev–Trinajstić information content (AvgIpc) is 2.14. The number of hydrogen-bond donors (Lipinski definition) is 2. The maximum atomic E-state index is 11.4. The van der Waals surface area contributed by atoms with Crippen LogP contribution >= 0.6 is 0 Å². The Kier molecular flexibility index (Phi) is 4.39. The molecule has 1 fully saturated rings. The van der Waals surface area contributed by atoms with Gasteiger partial charge in [-0.2, -0.15) is 0 Å². The van der Waals surface area contributed by atoms with Crippen molar-refractivity contribution in [2.24, 2.45) is 5.92 Å². The zero-order valence-electron chi connectivity index (χ0n) is 10.0. The SMILES string of the molecule is CC(C)(C)OC(=O)NC[C@@H]1CCC[NH2+]C1. The number of carbonyl (C=O) groups excluding carboxylic acids is 1. The van der Waals surface area contributed by atoms with Crippen molar-refractivity contribution >= 4 is 6.09 Å². The summed E-state index contributed by atoms with van der Waals surface area (Å²) in [7, 11) is 0. The number of hydrogen-bond acceptors (Lipinski definition) is 2. The van der Waals surface area contributed by atoms with Gasteiger partial charge in [0.2, 0.25) is 0 Å². The van der Waals surface area contributed by atoms with Crippen molar-refractivity contribution in [1.29, 1.82) is 0 Å². The van der Waals surface area contributed by atoms with Crippen molar-refractivity contribution in [1.82, 2.24) is 5.32 Å². The maximum Gasteiger partial charge on any atom is 0.407 e. The van der Waals surface area contributed by atoms with E-state index in [2.05, 4.69) is 10.6 Å². The first-order valence-electron chi connectivity index (χ1n) is 5.76. The minimum Gasteiger partial charge on any atom is -0.444 e. The third kappa shape index (κ3) is 5.62. The smallest absolute Gasteiger partial charge is 0.407 e. The number of rotatable bonds is 2. The van der Waals surface area contributed by atoms with Gasteiger partial charge in [-0.3, -0.25) is 0 Å². The van der Waals surface area contributed by atoms with Crippen LogP contribution in [0.5, 0.6) is 0 Å². The molecule has 1 aliphatic heterocycles. The summed E-state index contributed by atoms with van der Waals surface area (Å²) in [4.78, 5) is 11.4. The van der Waals surface area contributed by atoms with Crippen LogP contribution in [0, 0.1) is 5.92 Å². The third-order valence-electron chi connectivity index (χ3n) is 2.45. The molecule has 0 saturated carbocycles. The molecule has 0 bridgehead atoms. The second kappa shape index (κ2) is 5.35. The van der Waals surface area contributed by atoms with Gasteiger partial charge in [-0.15, -0.1) is 0 Å². The molecule has 1 rings (SSSR count). The number of piperidine rings is 1. The second-order valence-electron chi connectivity index (χ2n) is 5.20. The number of nitrogens with two attached hydrogens (primary N) is 1. The molecule has 88 valence electrons. The molecule has 0 aromatic carbocycles. The first kappa shape index (κ1) is 12.3. The topological polar surface area (TPSA) is 54.9 Å². The van der Waals surface area contributed by atoms with E-state index < -0.39 is 5.60 Å². The van der Waals surface area contributed by atoms with Crippen molar-refractivity contribution in [3.05, 3.63) is 0 Å².